The highest BCUT2D eigenvalue weighted by atomic mass is 32.1. The van der Waals surface area contributed by atoms with Gasteiger partial charge >= 0.3 is 5.97 Å². The molecule has 232 valence electrons. The molecule has 0 aromatic carbocycles. The second-order valence-corrected chi connectivity index (χ2v) is 15.1. The number of esters is 1. The summed E-state index contributed by atoms with van der Waals surface area (Å²) in [5.41, 5.74) is 4.55. The van der Waals surface area contributed by atoms with Crippen LogP contribution in [-0.4, -0.2) is 39.5 Å². The van der Waals surface area contributed by atoms with Gasteiger partial charge in [-0.3, -0.25) is 4.79 Å². The number of aliphatic hydroxyl groups is 2. The molecule has 0 aliphatic heterocycles. The second kappa shape index (κ2) is 13.1. The van der Waals surface area contributed by atoms with Crippen molar-refractivity contribution in [3.63, 3.8) is 0 Å². The molecule has 0 bridgehead atoms. The summed E-state index contributed by atoms with van der Waals surface area (Å²) in [6, 6.07) is 0. The van der Waals surface area contributed by atoms with E-state index in [1.165, 1.54) is 31.3 Å². The number of carbonyl (C=O) groups excluding carboxylic acids is 1. The highest BCUT2D eigenvalue weighted by Gasteiger charge is 2.55. The van der Waals surface area contributed by atoms with Crippen molar-refractivity contribution in [1.82, 2.24) is 4.98 Å². The summed E-state index contributed by atoms with van der Waals surface area (Å²) in [5.74, 6) is 1.75. The fraction of sp³-hybridized carbons (Fsp3) is 0.722. The Labute approximate surface area is 257 Å². The lowest BCUT2D eigenvalue weighted by molar-refractivity contribution is -0.151. The largest absolute Gasteiger partial charge is 0.461 e. The fourth-order valence-electron chi connectivity index (χ4n) is 8.67. The number of carbonyl (C=O) groups is 1. The molecule has 4 fully saturated rings. The number of nitrogens with zero attached hydrogens (tertiary/aromatic N) is 1. The molecular weight excluding hydrogens is 542 g/mol. The third kappa shape index (κ3) is 6.51. The normalized spacial score (nSPS) is 33.9. The number of hydrogen-bond donors (Lipinski definition) is 2. The lowest BCUT2D eigenvalue weighted by Gasteiger charge is -2.44. The summed E-state index contributed by atoms with van der Waals surface area (Å²) >= 11 is 1.73. The first-order valence-electron chi connectivity index (χ1n) is 16.6. The van der Waals surface area contributed by atoms with Crippen LogP contribution in [0.1, 0.15) is 121 Å². The van der Waals surface area contributed by atoms with Crippen LogP contribution in [0.3, 0.4) is 0 Å². The van der Waals surface area contributed by atoms with Gasteiger partial charge in [0.05, 0.1) is 17.6 Å². The summed E-state index contributed by atoms with van der Waals surface area (Å²) in [5, 5.41) is 23.8. The van der Waals surface area contributed by atoms with Gasteiger partial charge in [0.25, 0.3) is 0 Å². The topological polar surface area (TPSA) is 79.7 Å². The minimum absolute atomic E-state index is 0.0428. The number of thiazole rings is 1. The summed E-state index contributed by atoms with van der Waals surface area (Å²) in [7, 11) is 0. The number of ether oxygens (including phenoxy) is 1. The standard InChI is InChI=1S/C36H53NO4S/c1-6-7-10-33(40)41-32(36(18-19-36)34-37-24(3)22-42-34)16-11-23(2)29-14-15-30-26(9-8-17-35(29,30)5)12-13-27-20-28(38)21-31(39)25(27)4/h12-13,22-23,28-32,38-39H,4,6-11,14-21H2,1-3,5H3/t23-,28-,29-,30+,31+,32-,35-/m1/s1. The molecule has 5 rings (SSSR count). The van der Waals surface area contributed by atoms with Crippen LogP contribution in [-0.2, 0) is 14.9 Å². The molecule has 5 nitrogen and oxygen atoms in total. The van der Waals surface area contributed by atoms with Crippen molar-refractivity contribution in [2.75, 3.05) is 0 Å². The molecule has 0 spiro atoms. The van der Waals surface area contributed by atoms with Crippen LogP contribution in [0, 0.1) is 30.1 Å². The molecule has 4 saturated carbocycles. The van der Waals surface area contributed by atoms with E-state index >= 15 is 0 Å². The van der Waals surface area contributed by atoms with Gasteiger partial charge in [-0.15, -0.1) is 11.3 Å². The number of allylic oxidation sites excluding steroid dienone is 3. The molecule has 6 heteroatoms. The number of aryl methyl sites for hydroxylation is 1. The highest BCUT2D eigenvalue weighted by molar-refractivity contribution is 7.09. The Balaban J connectivity index is 1.28. The number of aromatic nitrogens is 1. The van der Waals surface area contributed by atoms with Crippen LogP contribution < -0.4 is 0 Å². The van der Waals surface area contributed by atoms with E-state index < -0.39 is 12.2 Å². The van der Waals surface area contributed by atoms with Gasteiger partial charge in [0.1, 0.15) is 11.1 Å². The van der Waals surface area contributed by atoms with Crippen LogP contribution in [0.2, 0.25) is 0 Å². The van der Waals surface area contributed by atoms with Gasteiger partial charge in [-0.05, 0) is 112 Å². The number of aliphatic hydroxyl groups excluding tert-OH is 2. The van der Waals surface area contributed by atoms with Crippen LogP contribution in [0.25, 0.3) is 0 Å². The maximum absolute atomic E-state index is 12.8. The quantitative estimate of drug-likeness (QED) is 0.253. The molecule has 0 radical (unpaired) electrons. The third-order valence-electron chi connectivity index (χ3n) is 11.3. The molecule has 1 aromatic rings. The Hall–Kier alpha value is -1.76. The maximum atomic E-state index is 12.8. The van der Waals surface area contributed by atoms with E-state index in [1.54, 1.807) is 11.3 Å². The molecule has 1 aromatic heterocycles. The Morgan fingerprint density at radius 3 is 2.71 bits per heavy atom. The van der Waals surface area contributed by atoms with Crippen molar-refractivity contribution in [3.05, 3.63) is 51.5 Å². The van der Waals surface area contributed by atoms with Crippen LogP contribution in [0.5, 0.6) is 0 Å². The van der Waals surface area contributed by atoms with Crippen LogP contribution >= 0.6 is 11.3 Å². The lowest BCUT2D eigenvalue weighted by Crippen LogP contribution is -2.37. The molecule has 0 saturated heterocycles. The van der Waals surface area contributed by atoms with Crippen LogP contribution in [0.4, 0.5) is 0 Å². The predicted molar refractivity (Wildman–Crippen MR) is 170 cm³/mol. The van der Waals surface area contributed by atoms with Crippen molar-refractivity contribution in [1.29, 1.82) is 0 Å². The van der Waals surface area contributed by atoms with Crippen molar-refractivity contribution >= 4 is 17.3 Å². The monoisotopic (exact) mass is 595 g/mol. The Bertz CT molecular complexity index is 1190. The van der Waals surface area contributed by atoms with Gasteiger partial charge in [-0.25, -0.2) is 4.98 Å². The van der Waals surface area contributed by atoms with E-state index in [2.05, 4.69) is 51.8 Å². The number of unbranched alkanes of at least 4 members (excludes halogenated alkanes) is 1. The van der Waals surface area contributed by atoms with Gasteiger partial charge in [-0.2, -0.15) is 0 Å². The van der Waals surface area contributed by atoms with E-state index in [4.69, 9.17) is 9.72 Å². The number of fused-ring (bicyclic) bond motifs is 1. The van der Waals surface area contributed by atoms with Gasteiger partial charge in [0.15, 0.2) is 0 Å². The Kier molecular flexibility index (Phi) is 9.86. The maximum Gasteiger partial charge on any atom is 0.306 e. The highest BCUT2D eigenvalue weighted by Crippen LogP contribution is 2.60. The second-order valence-electron chi connectivity index (χ2n) is 14.3. The van der Waals surface area contributed by atoms with Gasteiger partial charge in [0, 0.05) is 23.9 Å². The summed E-state index contributed by atoms with van der Waals surface area (Å²) in [6.45, 7) is 13.2. The summed E-state index contributed by atoms with van der Waals surface area (Å²) < 4.78 is 6.29. The first-order chi connectivity index (χ1) is 20.1. The zero-order chi connectivity index (χ0) is 30.1. The fourth-order valence-corrected chi connectivity index (χ4v) is 9.77. The van der Waals surface area contributed by atoms with E-state index in [0.29, 0.717) is 37.0 Å². The molecule has 4 aliphatic rings. The number of hydrogen-bond acceptors (Lipinski definition) is 6. The summed E-state index contributed by atoms with van der Waals surface area (Å²) in [6.07, 6.45) is 16.8. The van der Waals surface area contributed by atoms with E-state index in [9.17, 15) is 15.0 Å². The zero-order valence-electron chi connectivity index (χ0n) is 26.4. The SMILES string of the molecule is C=C1C(=CC=C2CCC[C@]3(C)[C@@H]([C@H](C)CC[C@@H](OC(=O)CCCC)C4(c5nc(C)cs5)CC4)CC[C@@H]23)C[C@@H](O)C[C@@H]1O. The van der Waals surface area contributed by atoms with Crippen molar-refractivity contribution in [3.8, 4) is 0 Å². The first kappa shape index (κ1) is 31.7. The van der Waals surface area contributed by atoms with E-state index in [-0.39, 0.29) is 22.9 Å². The molecule has 2 N–H and O–H groups in total. The molecule has 42 heavy (non-hydrogen) atoms. The molecule has 0 unspecified atom stereocenters. The molecular formula is C36H53NO4S. The number of rotatable bonds is 11. The molecule has 0 amide bonds. The lowest BCUT2D eigenvalue weighted by atomic mass is 9.60. The van der Waals surface area contributed by atoms with Gasteiger partial charge < -0.3 is 14.9 Å². The minimum Gasteiger partial charge on any atom is -0.461 e. The van der Waals surface area contributed by atoms with E-state index in [0.717, 1.165) is 66.8 Å². The van der Waals surface area contributed by atoms with Gasteiger partial charge in [-0.1, -0.05) is 51.5 Å². The summed E-state index contributed by atoms with van der Waals surface area (Å²) in [4.78, 5) is 17.7. The third-order valence-corrected chi connectivity index (χ3v) is 12.5. The predicted octanol–water partition coefficient (Wildman–Crippen LogP) is 8.14. The van der Waals surface area contributed by atoms with Crippen LogP contribution in [0.15, 0.2) is 40.8 Å². The zero-order valence-corrected chi connectivity index (χ0v) is 27.2. The Morgan fingerprint density at radius 2 is 2.02 bits per heavy atom. The molecule has 4 aliphatic carbocycles. The average molecular weight is 596 g/mol. The molecule has 7 atom stereocenters. The van der Waals surface area contributed by atoms with E-state index in [1.807, 2.05) is 0 Å². The first-order valence-corrected chi connectivity index (χ1v) is 17.5. The minimum atomic E-state index is -0.643. The average Bonchev–Trinajstić information content (AvgIpc) is 3.51. The smallest absolute Gasteiger partial charge is 0.306 e. The van der Waals surface area contributed by atoms with Crippen molar-refractivity contribution in [2.45, 2.75) is 141 Å². The Morgan fingerprint density at radius 1 is 1.24 bits per heavy atom. The van der Waals surface area contributed by atoms with Gasteiger partial charge in [0.2, 0.25) is 0 Å². The van der Waals surface area contributed by atoms with Crippen molar-refractivity contribution in [2.24, 2.45) is 23.2 Å². The molecule has 1 heterocycles. The van der Waals surface area contributed by atoms with Crippen molar-refractivity contribution < 1.29 is 19.7 Å².